The molecule has 32 heavy (non-hydrogen) atoms. The molecule has 0 saturated heterocycles. The summed E-state index contributed by atoms with van der Waals surface area (Å²) in [5.41, 5.74) is 6.98. The molecule has 0 aliphatic rings. The standard InChI is InChI=1S/C28H19N2O2/c1-16(21-10-17(14-31)12-23-19-6-2-4-8-25(19)29-27(21)23)22-11-18(15-32)13-24-20-7-3-5-9-26(20)30-28(22)24/h2-16,29-30H,1H2. The maximum absolute atomic E-state index is 11.8. The number of hydrogen-bond acceptors (Lipinski definition) is 2. The van der Waals surface area contributed by atoms with Gasteiger partial charge < -0.3 is 9.97 Å². The number of aromatic nitrogens is 2. The highest BCUT2D eigenvalue weighted by atomic mass is 16.1. The van der Waals surface area contributed by atoms with Gasteiger partial charge in [0.1, 0.15) is 12.6 Å². The summed E-state index contributed by atoms with van der Waals surface area (Å²) in [5.74, 6) is -0.305. The van der Waals surface area contributed by atoms with Crippen LogP contribution in [0.4, 0.5) is 0 Å². The lowest BCUT2D eigenvalue weighted by molar-refractivity contribution is 0.111. The monoisotopic (exact) mass is 415 g/mol. The molecule has 6 aromatic rings. The average molecular weight is 415 g/mol. The van der Waals surface area contributed by atoms with Gasteiger partial charge in [0.15, 0.2) is 0 Å². The highest BCUT2D eigenvalue weighted by molar-refractivity contribution is 6.12. The van der Waals surface area contributed by atoms with Gasteiger partial charge >= 0.3 is 0 Å². The highest BCUT2D eigenvalue weighted by Crippen LogP contribution is 2.38. The zero-order valence-corrected chi connectivity index (χ0v) is 17.2. The molecule has 0 bridgehead atoms. The molecule has 0 aliphatic carbocycles. The average Bonchev–Trinajstić information content (AvgIpc) is 3.40. The largest absolute Gasteiger partial charge is 0.354 e. The van der Waals surface area contributed by atoms with Crippen molar-refractivity contribution >= 4 is 56.2 Å². The second-order valence-electron chi connectivity index (χ2n) is 8.19. The fraction of sp³-hybridized carbons (Fsp3) is 0.0357. The van der Waals surface area contributed by atoms with Gasteiger partial charge in [-0.3, -0.25) is 9.59 Å². The molecule has 153 valence electrons. The van der Waals surface area contributed by atoms with Crippen molar-refractivity contribution in [2.45, 2.75) is 5.92 Å². The van der Waals surface area contributed by atoms with Gasteiger partial charge in [-0.25, -0.2) is 0 Å². The van der Waals surface area contributed by atoms with E-state index in [0.717, 1.165) is 67.3 Å². The van der Waals surface area contributed by atoms with Gasteiger partial charge in [0.25, 0.3) is 0 Å². The SMILES string of the molecule is [CH2]C(c1cc(C=O)cc2c1[nH]c1ccccc12)c1cc(C=O)cc2c1[nH]c1ccccc12. The van der Waals surface area contributed by atoms with Gasteiger partial charge in [-0.1, -0.05) is 36.4 Å². The van der Waals surface area contributed by atoms with Crippen LogP contribution in [0.15, 0.2) is 72.8 Å². The van der Waals surface area contributed by atoms with E-state index in [-0.39, 0.29) is 5.92 Å². The van der Waals surface area contributed by atoms with Crippen molar-refractivity contribution in [1.29, 1.82) is 0 Å². The molecule has 4 aromatic carbocycles. The van der Waals surface area contributed by atoms with Crippen molar-refractivity contribution in [2.24, 2.45) is 0 Å². The smallest absolute Gasteiger partial charge is 0.150 e. The number of aldehydes is 2. The van der Waals surface area contributed by atoms with Crippen LogP contribution in [-0.2, 0) is 0 Å². The molecular formula is C28H19N2O2. The number of fused-ring (bicyclic) bond motifs is 6. The van der Waals surface area contributed by atoms with Crippen molar-refractivity contribution in [3.63, 3.8) is 0 Å². The molecule has 6 rings (SSSR count). The quantitative estimate of drug-likeness (QED) is 0.321. The maximum atomic E-state index is 11.8. The van der Waals surface area contributed by atoms with E-state index in [1.807, 2.05) is 72.8 Å². The van der Waals surface area contributed by atoms with Crippen LogP contribution in [0.1, 0.15) is 37.8 Å². The third kappa shape index (κ3) is 2.63. The van der Waals surface area contributed by atoms with Crippen molar-refractivity contribution < 1.29 is 9.59 Å². The van der Waals surface area contributed by atoms with E-state index in [9.17, 15) is 9.59 Å². The van der Waals surface area contributed by atoms with Crippen molar-refractivity contribution in [2.75, 3.05) is 0 Å². The Morgan fingerprint density at radius 2 is 1.06 bits per heavy atom. The second kappa shape index (κ2) is 6.92. The van der Waals surface area contributed by atoms with Gasteiger partial charge in [-0.2, -0.15) is 0 Å². The lowest BCUT2D eigenvalue weighted by Crippen LogP contribution is -2.01. The van der Waals surface area contributed by atoms with E-state index in [1.54, 1.807) is 0 Å². The number of para-hydroxylation sites is 2. The Labute approximate surface area is 183 Å². The van der Waals surface area contributed by atoms with Crippen molar-refractivity contribution in [3.8, 4) is 0 Å². The molecule has 0 amide bonds. The first-order valence-corrected chi connectivity index (χ1v) is 10.5. The molecule has 0 unspecified atom stereocenters. The lowest BCUT2D eigenvalue weighted by Gasteiger charge is -2.16. The van der Waals surface area contributed by atoms with E-state index in [2.05, 4.69) is 16.9 Å². The Balaban J connectivity index is 1.68. The van der Waals surface area contributed by atoms with Crippen LogP contribution >= 0.6 is 0 Å². The summed E-state index contributed by atoms with van der Waals surface area (Å²) in [5, 5.41) is 4.12. The number of H-pyrrole nitrogens is 2. The predicted octanol–water partition coefficient (Wildman–Crippen LogP) is 6.55. The van der Waals surface area contributed by atoms with Crippen molar-refractivity contribution in [3.05, 3.63) is 102 Å². The minimum absolute atomic E-state index is 0.305. The Morgan fingerprint density at radius 3 is 1.50 bits per heavy atom. The number of benzene rings is 4. The van der Waals surface area contributed by atoms with Gasteiger partial charge in [0, 0.05) is 49.6 Å². The molecule has 2 aromatic heterocycles. The summed E-state index contributed by atoms with van der Waals surface area (Å²) < 4.78 is 0. The summed E-state index contributed by atoms with van der Waals surface area (Å²) in [6.45, 7) is 4.50. The highest BCUT2D eigenvalue weighted by Gasteiger charge is 2.20. The first kappa shape index (κ1) is 18.6. The number of nitrogens with one attached hydrogen (secondary N) is 2. The maximum Gasteiger partial charge on any atom is 0.150 e. The Kier molecular flexibility index (Phi) is 4.02. The first-order chi connectivity index (χ1) is 15.7. The molecule has 0 aliphatic heterocycles. The fourth-order valence-electron chi connectivity index (χ4n) is 4.86. The van der Waals surface area contributed by atoms with Crippen LogP contribution in [-0.4, -0.2) is 22.5 Å². The van der Waals surface area contributed by atoms with Gasteiger partial charge in [-0.05, 0) is 54.4 Å². The normalized spacial score (nSPS) is 11.8. The Morgan fingerprint density at radius 1 is 0.625 bits per heavy atom. The van der Waals surface area contributed by atoms with Crippen LogP contribution in [0, 0.1) is 6.92 Å². The number of aromatic amines is 2. The number of carbonyl (C=O) groups excluding carboxylic acids is 2. The molecule has 2 heterocycles. The molecule has 4 heteroatoms. The van der Waals surface area contributed by atoms with Gasteiger partial charge in [0.05, 0.1) is 11.0 Å². The van der Waals surface area contributed by atoms with Gasteiger partial charge in [-0.15, -0.1) is 0 Å². The zero-order chi connectivity index (χ0) is 21.8. The molecule has 0 fully saturated rings. The van der Waals surface area contributed by atoms with E-state index in [1.165, 1.54) is 0 Å². The molecule has 0 spiro atoms. The van der Waals surface area contributed by atoms with E-state index in [0.29, 0.717) is 11.1 Å². The summed E-state index contributed by atoms with van der Waals surface area (Å²) in [4.78, 5) is 30.6. The predicted molar refractivity (Wildman–Crippen MR) is 130 cm³/mol. The van der Waals surface area contributed by atoms with Crippen LogP contribution in [0.25, 0.3) is 43.6 Å². The molecule has 1 radical (unpaired) electrons. The van der Waals surface area contributed by atoms with Crippen LogP contribution in [0.3, 0.4) is 0 Å². The summed E-state index contributed by atoms with van der Waals surface area (Å²) in [6, 6.07) is 23.7. The minimum Gasteiger partial charge on any atom is -0.354 e. The lowest BCUT2D eigenvalue weighted by atomic mass is 9.88. The molecule has 0 atom stereocenters. The van der Waals surface area contributed by atoms with Gasteiger partial charge in [0.2, 0.25) is 0 Å². The third-order valence-electron chi connectivity index (χ3n) is 6.36. The fourth-order valence-corrected chi connectivity index (χ4v) is 4.86. The molecule has 2 N–H and O–H groups in total. The van der Waals surface area contributed by atoms with E-state index in [4.69, 9.17) is 0 Å². The Hall–Kier alpha value is -4.18. The number of carbonyl (C=O) groups is 2. The van der Waals surface area contributed by atoms with E-state index >= 15 is 0 Å². The number of rotatable bonds is 4. The summed E-state index contributed by atoms with van der Waals surface area (Å²) in [7, 11) is 0. The van der Waals surface area contributed by atoms with Crippen LogP contribution in [0.2, 0.25) is 0 Å². The summed E-state index contributed by atoms with van der Waals surface area (Å²) >= 11 is 0. The zero-order valence-electron chi connectivity index (χ0n) is 17.2. The minimum atomic E-state index is -0.305. The molecular weight excluding hydrogens is 396 g/mol. The van der Waals surface area contributed by atoms with Crippen LogP contribution in [0.5, 0.6) is 0 Å². The molecule has 0 saturated carbocycles. The van der Waals surface area contributed by atoms with Crippen LogP contribution < -0.4 is 0 Å². The van der Waals surface area contributed by atoms with E-state index < -0.39 is 0 Å². The topological polar surface area (TPSA) is 65.7 Å². The summed E-state index contributed by atoms with van der Waals surface area (Å²) in [6.07, 6.45) is 1.75. The number of hydrogen-bond donors (Lipinski definition) is 2. The third-order valence-corrected chi connectivity index (χ3v) is 6.36. The van der Waals surface area contributed by atoms with Crippen molar-refractivity contribution in [1.82, 2.24) is 9.97 Å². The second-order valence-corrected chi connectivity index (χ2v) is 8.19. The Bertz CT molecular complexity index is 1560. The molecule has 4 nitrogen and oxygen atoms in total. The first-order valence-electron chi connectivity index (χ1n) is 10.5.